The number of hydrogen-bond donors (Lipinski definition) is 2. The molecule has 0 radical (unpaired) electrons. The highest BCUT2D eigenvalue weighted by molar-refractivity contribution is 5.94. The van der Waals surface area contributed by atoms with Crippen LogP contribution in [0.3, 0.4) is 0 Å². The number of aromatic nitrogens is 2. The van der Waals surface area contributed by atoms with Gasteiger partial charge in [0, 0.05) is 30.1 Å². The Balaban J connectivity index is 1.61. The highest BCUT2D eigenvalue weighted by Crippen LogP contribution is 2.34. The summed E-state index contributed by atoms with van der Waals surface area (Å²) in [6.07, 6.45) is 6.69. The third-order valence-corrected chi connectivity index (χ3v) is 4.43. The number of aliphatic imine (C=N–C) groups is 1. The van der Waals surface area contributed by atoms with Crippen LogP contribution in [-0.2, 0) is 4.79 Å². The van der Waals surface area contributed by atoms with Gasteiger partial charge >= 0.3 is 0 Å². The van der Waals surface area contributed by atoms with Gasteiger partial charge in [-0.1, -0.05) is 12.1 Å². The van der Waals surface area contributed by atoms with Crippen molar-refractivity contribution in [1.29, 1.82) is 0 Å². The first-order chi connectivity index (χ1) is 13.6. The Labute approximate surface area is 161 Å². The average Bonchev–Trinajstić information content (AvgIpc) is 3.53. The lowest BCUT2D eigenvalue weighted by Crippen LogP contribution is -2.14. The number of anilines is 2. The molecule has 140 valence electrons. The van der Waals surface area contributed by atoms with Crippen LogP contribution in [0.15, 0.2) is 59.9 Å². The van der Waals surface area contributed by atoms with E-state index in [1.54, 1.807) is 48.9 Å². The van der Waals surface area contributed by atoms with E-state index in [0.29, 0.717) is 11.5 Å². The molecular weight excluding hydrogens is 357 g/mol. The predicted octanol–water partition coefficient (Wildman–Crippen LogP) is 3.96. The van der Waals surface area contributed by atoms with Gasteiger partial charge in [0.05, 0.1) is 0 Å². The summed E-state index contributed by atoms with van der Waals surface area (Å²) in [5, 5.41) is 2.81. The van der Waals surface area contributed by atoms with Crippen molar-refractivity contribution in [1.82, 2.24) is 9.97 Å². The molecule has 0 atom stereocenters. The molecule has 6 nitrogen and oxygen atoms in total. The van der Waals surface area contributed by atoms with Gasteiger partial charge in [-0.15, -0.1) is 0 Å². The molecule has 1 aliphatic carbocycles. The summed E-state index contributed by atoms with van der Waals surface area (Å²) < 4.78 is 13.2. The molecule has 1 amide bonds. The Bertz CT molecular complexity index is 1040. The molecule has 1 aromatic carbocycles. The smallest absolute Gasteiger partial charge is 0.228 e. The van der Waals surface area contributed by atoms with Gasteiger partial charge in [-0.3, -0.25) is 9.79 Å². The Morgan fingerprint density at radius 3 is 2.64 bits per heavy atom. The van der Waals surface area contributed by atoms with E-state index in [9.17, 15) is 9.18 Å². The highest BCUT2D eigenvalue weighted by atomic mass is 19.1. The number of halogens is 1. The maximum Gasteiger partial charge on any atom is 0.228 e. The molecule has 0 aliphatic heterocycles. The van der Waals surface area contributed by atoms with Crippen molar-refractivity contribution in [2.75, 3.05) is 11.1 Å². The molecule has 0 unspecified atom stereocenters. The summed E-state index contributed by atoms with van der Waals surface area (Å²) >= 11 is 0. The van der Waals surface area contributed by atoms with E-state index >= 15 is 0 Å². The molecule has 3 aromatic rings. The fourth-order valence-electron chi connectivity index (χ4n) is 2.78. The van der Waals surface area contributed by atoms with Crippen LogP contribution in [0.25, 0.3) is 11.1 Å². The number of nitrogens with zero attached hydrogens (tertiary/aromatic N) is 3. The zero-order valence-corrected chi connectivity index (χ0v) is 15.0. The molecule has 1 aliphatic rings. The second-order valence-electron chi connectivity index (χ2n) is 6.60. The van der Waals surface area contributed by atoms with Crippen molar-refractivity contribution in [2.45, 2.75) is 12.8 Å². The minimum Gasteiger partial charge on any atom is -0.382 e. The van der Waals surface area contributed by atoms with Crippen LogP contribution in [0.5, 0.6) is 0 Å². The quantitative estimate of drug-likeness (QED) is 0.660. The lowest BCUT2D eigenvalue weighted by molar-refractivity contribution is -0.117. The number of amides is 1. The van der Waals surface area contributed by atoms with E-state index in [1.165, 1.54) is 12.1 Å². The minimum atomic E-state index is -0.312. The molecule has 2 heterocycles. The van der Waals surface area contributed by atoms with Crippen molar-refractivity contribution < 1.29 is 9.18 Å². The lowest BCUT2D eigenvalue weighted by Gasteiger charge is -2.08. The van der Waals surface area contributed by atoms with Gasteiger partial charge in [0.1, 0.15) is 23.1 Å². The number of carbonyl (C=O) groups is 1. The van der Waals surface area contributed by atoms with Gasteiger partial charge in [-0.25, -0.2) is 14.4 Å². The highest BCUT2D eigenvalue weighted by Gasteiger charge is 2.29. The molecule has 0 bridgehead atoms. The van der Waals surface area contributed by atoms with Crippen LogP contribution in [0.2, 0.25) is 0 Å². The molecular formula is C21H18FN5O. The number of benzene rings is 1. The zero-order valence-electron chi connectivity index (χ0n) is 15.0. The maximum atomic E-state index is 13.2. The predicted molar refractivity (Wildman–Crippen MR) is 107 cm³/mol. The molecule has 2 aromatic heterocycles. The second-order valence-corrected chi connectivity index (χ2v) is 6.60. The number of pyridine rings is 2. The minimum absolute atomic E-state index is 0.00307. The Morgan fingerprint density at radius 2 is 1.89 bits per heavy atom. The number of nitrogens with one attached hydrogen (secondary N) is 1. The normalized spacial score (nSPS) is 13.6. The molecule has 1 fully saturated rings. The molecule has 4 rings (SSSR count). The Morgan fingerprint density at radius 1 is 1.14 bits per heavy atom. The summed E-state index contributed by atoms with van der Waals surface area (Å²) in [6.45, 7) is 0. The van der Waals surface area contributed by atoms with Gasteiger partial charge in [-0.2, -0.15) is 0 Å². The van der Waals surface area contributed by atoms with Gasteiger partial charge < -0.3 is 11.1 Å². The van der Waals surface area contributed by atoms with Crippen LogP contribution in [-0.4, -0.2) is 22.1 Å². The maximum absolute atomic E-state index is 13.2. The fraction of sp³-hybridized carbons (Fsp3) is 0.143. The third-order valence-electron chi connectivity index (χ3n) is 4.43. The van der Waals surface area contributed by atoms with Crippen LogP contribution in [0, 0.1) is 11.7 Å². The summed E-state index contributed by atoms with van der Waals surface area (Å²) in [6, 6.07) is 11.4. The van der Waals surface area contributed by atoms with Crippen molar-refractivity contribution in [2.24, 2.45) is 10.9 Å². The van der Waals surface area contributed by atoms with Crippen molar-refractivity contribution in [3.8, 4) is 11.1 Å². The Kier molecular flexibility index (Phi) is 4.80. The number of hydrogen-bond acceptors (Lipinski definition) is 5. The molecule has 3 N–H and O–H groups in total. The first-order valence-corrected chi connectivity index (χ1v) is 8.91. The Hall–Kier alpha value is -3.61. The van der Waals surface area contributed by atoms with E-state index < -0.39 is 0 Å². The van der Waals surface area contributed by atoms with Gasteiger partial charge in [0.25, 0.3) is 0 Å². The number of carbonyl (C=O) groups excluding carboxylic acids is 1. The average molecular weight is 375 g/mol. The summed E-state index contributed by atoms with van der Waals surface area (Å²) in [5.41, 5.74) is 8.81. The standard InChI is InChI=1S/C21H18FN5O/c22-16-5-3-14(4-6-16)17-8-10-25-20(23)19(17)26-12-13-7-9-24-18(11-13)27-21(28)15-1-2-15/h3-12,15H,1-2H2,(H2,23,25)(H,24,27,28). The summed E-state index contributed by atoms with van der Waals surface area (Å²) in [7, 11) is 0. The third kappa shape index (κ3) is 4.03. The van der Waals surface area contributed by atoms with Crippen molar-refractivity contribution in [3.63, 3.8) is 0 Å². The first kappa shape index (κ1) is 17.8. The lowest BCUT2D eigenvalue weighted by atomic mass is 10.1. The second kappa shape index (κ2) is 7.56. The topological polar surface area (TPSA) is 93.3 Å². The SMILES string of the molecule is Nc1nccc(-c2ccc(F)cc2)c1N=Cc1ccnc(NC(=O)C2CC2)c1. The first-order valence-electron chi connectivity index (χ1n) is 8.91. The van der Waals surface area contributed by atoms with E-state index in [-0.39, 0.29) is 23.5 Å². The number of rotatable bonds is 5. The molecule has 28 heavy (non-hydrogen) atoms. The van der Waals surface area contributed by atoms with Gasteiger partial charge in [0.15, 0.2) is 0 Å². The van der Waals surface area contributed by atoms with Crippen LogP contribution in [0.1, 0.15) is 18.4 Å². The van der Waals surface area contributed by atoms with Crippen molar-refractivity contribution >= 4 is 29.4 Å². The van der Waals surface area contributed by atoms with Gasteiger partial charge in [-0.05, 0) is 54.3 Å². The monoisotopic (exact) mass is 375 g/mol. The zero-order chi connectivity index (χ0) is 19.5. The van der Waals surface area contributed by atoms with E-state index in [0.717, 1.165) is 29.5 Å². The van der Waals surface area contributed by atoms with Crippen LogP contribution in [0.4, 0.5) is 21.7 Å². The molecule has 0 spiro atoms. The van der Waals surface area contributed by atoms with Crippen molar-refractivity contribution in [3.05, 3.63) is 66.2 Å². The molecule has 7 heteroatoms. The largest absolute Gasteiger partial charge is 0.382 e. The van der Waals surface area contributed by atoms with E-state index in [1.807, 2.05) is 0 Å². The number of nitrogens with two attached hydrogens (primary N) is 1. The fourth-order valence-corrected chi connectivity index (χ4v) is 2.78. The summed E-state index contributed by atoms with van der Waals surface area (Å²) in [5.74, 6) is 0.547. The summed E-state index contributed by atoms with van der Waals surface area (Å²) in [4.78, 5) is 24.7. The van der Waals surface area contributed by atoms with Crippen LogP contribution < -0.4 is 11.1 Å². The molecule has 1 saturated carbocycles. The molecule has 0 saturated heterocycles. The van der Waals surface area contributed by atoms with Gasteiger partial charge in [0.2, 0.25) is 5.91 Å². The van der Waals surface area contributed by atoms with Crippen LogP contribution >= 0.6 is 0 Å². The van der Waals surface area contributed by atoms with E-state index in [4.69, 9.17) is 5.73 Å². The number of nitrogen functional groups attached to an aromatic ring is 1. The van der Waals surface area contributed by atoms with E-state index in [2.05, 4.69) is 20.3 Å².